The number of benzene rings is 1. The SMILES string of the molecule is CC(CNC(=O)c1ccccc1Br)N1CCCC1. The normalized spacial score (nSPS) is 17.7. The van der Waals surface area contributed by atoms with Crippen molar-refractivity contribution >= 4 is 21.8 Å². The summed E-state index contributed by atoms with van der Waals surface area (Å²) >= 11 is 3.40. The van der Waals surface area contributed by atoms with Gasteiger partial charge in [0, 0.05) is 17.1 Å². The quantitative estimate of drug-likeness (QED) is 0.927. The smallest absolute Gasteiger partial charge is 0.252 e. The number of hydrogen-bond acceptors (Lipinski definition) is 2. The van der Waals surface area contributed by atoms with Crippen LogP contribution in [0, 0.1) is 0 Å². The summed E-state index contributed by atoms with van der Waals surface area (Å²) in [4.78, 5) is 14.5. The summed E-state index contributed by atoms with van der Waals surface area (Å²) in [5, 5.41) is 3.01. The van der Waals surface area contributed by atoms with Crippen LogP contribution >= 0.6 is 15.9 Å². The minimum absolute atomic E-state index is 0.00600. The van der Waals surface area contributed by atoms with Crippen molar-refractivity contribution in [3.05, 3.63) is 34.3 Å². The maximum absolute atomic E-state index is 12.0. The average molecular weight is 311 g/mol. The highest BCUT2D eigenvalue weighted by molar-refractivity contribution is 9.10. The van der Waals surface area contributed by atoms with Crippen molar-refractivity contribution in [2.24, 2.45) is 0 Å². The second kappa shape index (κ2) is 6.34. The van der Waals surface area contributed by atoms with Crippen LogP contribution in [0.4, 0.5) is 0 Å². The maximum Gasteiger partial charge on any atom is 0.252 e. The Kier molecular flexibility index (Phi) is 4.78. The molecule has 98 valence electrons. The first-order valence-electron chi connectivity index (χ1n) is 6.45. The summed E-state index contributed by atoms with van der Waals surface area (Å²) in [7, 11) is 0. The van der Waals surface area contributed by atoms with Crippen molar-refractivity contribution in [3.8, 4) is 0 Å². The van der Waals surface area contributed by atoms with Gasteiger partial charge < -0.3 is 5.32 Å². The van der Waals surface area contributed by atoms with Gasteiger partial charge in [0.2, 0.25) is 0 Å². The monoisotopic (exact) mass is 310 g/mol. The van der Waals surface area contributed by atoms with E-state index < -0.39 is 0 Å². The molecule has 1 heterocycles. The van der Waals surface area contributed by atoms with Gasteiger partial charge >= 0.3 is 0 Å². The van der Waals surface area contributed by atoms with Gasteiger partial charge in [-0.15, -0.1) is 0 Å². The number of hydrogen-bond donors (Lipinski definition) is 1. The van der Waals surface area contributed by atoms with Crippen LogP contribution in [0.1, 0.15) is 30.1 Å². The third kappa shape index (κ3) is 3.33. The fraction of sp³-hybridized carbons (Fsp3) is 0.500. The van der Waals surface area contributed by atoms with Crippen molar-refractivity contribution in [2.75, 3.05) is 19.6 Å². The molecule has 1 aliphatic rings. The van der Waals surface area contributed by atoms with Gasteiger partial charge in [-0.3, -0.25) is 9.69 Å². The number of halogens is 1. The molecule has 1 aromatic rings. The molecule has 1 fully saturated rings. The van der Waals surface area contributed by atoms with Crippen molar-refractivity contribution in [2.45, 2.75) is 25.8 Å². The lowest BCUT2D eigenvalue weighted by molar-refractivity contribution is 0.0939. The first kappa shape index (κ1) is 13.6. The van der Waals surface area contributed by atoms with Crippen LogP contribution in [0.15, 0.2) is 28.7 Å². The number of nitrogens with zero attached hydrogens (tertiary/aromatic N) is 1. The van der Waals surface area contributed by atoms with E-state index >= 15 is 0 Å². The Hall–Kier alpha value is -0.870. The van der Waals surface area contributed by atoms with Crippen LogP contribution < -0.4 is 5.32 Å². The van der Waals surface area contributed by atoms with Crippen LogP contribution in [0.25, 0.3) is 0 Å². The van der Waals surface area contributed by atoms with Gasteiger partial charge in [-0.2, -0.15) is 0 Å². The lowest BCUT2D eigenvalue weighted by atomic mass is 10.2. The van der Waals surface area contributed by atoms with Crippen LogP contribution in [0.5, 0.6) is 0 Å². The van der Waals surface area contributed by atoms with Crippen LogP contribution in [-0.2, 0) is 0 Å². The summed E-state index contributed by atoms with van der Waals surface area (Å²) < 4.78 is 0.844. The minimum Gasteiger partial charge on any atom is -0.350 e. The van der Waals surface area contributed by atoms with Gasteiger partial charge in [0.25, 0.3) is 5.91 Å². The summed E-state index contributed by atoms with van der Waals surface area (Å²) in [5.41, 5.74) is 0.700. The molecular formula is C14H19BrN2O. The van der Waals surface area contributed by atoms with E-state index in [1.807, 2.05) is 24.3 Å². The van der Waals surface area contributed by atoms with Crippen LogP contribution in [-0.4, -0.2) is 36.5 Å². The van der Waals surface area contributed by atoms with Crippen LogP contribution in [0.2, 0.25) is 0 Å². The summed E-state index contributed by atoms with van der Waals surface area (Å²) in [5.74, 6) is -0.00600. The molecule has 18 heavy (non-hydrogen) atoms. The number of nitrogens with one attached hydrogen (secondary N) is 1. The second-order valence-corrected chi connectivity index (χ2v) is 5.64. The van der Waals surface area contributed by atoms with Gasteiger partial charge in [0.1, 0.15) is 0 Å². The molecule has 0 saturated carbocycles. The van der Waals surface area contributed by atoms with E-state index in [4.69, 9.17) is 0 Å². The summed E-state index contributed by atoms with van der Waals surface area (Å²) in [6, 6.07) is 7.93. The Bertz CT molecular complexity index is 416. The highest BCUT2D eigenvalue weighted by Crippen LogP contribution is 2.16. The van der Waals surface area contributed by atoms with Crippen LogP contribution in [0.3, 0.4) is 0 Å². The molecule has 3 nitrogen and oxygen atoms in total. The molecule has 0 spiro atoms. The number of carbonyl (C=O) groups excluding carboxylic acids is 1. The number of carbonyl (C=O) groups is 1. The summed E-state index contributed by atoms with van der Waals surface area (Å²) in [6.07, 6.45) is 2.56. The molecule has 1 aromatic carbocycles. The Morgan fingerprint density at radius 2 is 2.06 bits per heavy atom. The van der Waals surface area contributed by atoms with E-state index in [-0.39, 0.29) is 5.91 Å². The van der Waals surface area contributed by atoms with E-state index in [2.05, 4.69) is 33.1 Å². The molecule has 2 rings (SSSR count). The largest absolute Gasteiger partial charge is 0.350 e. The van der Waals surface area contributed by atoms with Crippen molar-refractivity contribution in [3.63, 3.8) is 0 Å². The molecule has 1 amide bonds. The topological polar surface area (TPSA) is 32.3 Å². The standard InChI is InChI=1S/C14H19BrN2O/c1-11(17-8-4-5-9-17)10-16-14(18)12-6-2-3-7-13(12)15/h2-3,6-7,11H,4-5,8-10H2,1H3,(H,16,18). The summed E-state index contributed by atoms with van der Waals surface area (Å²) in [6.45, 7) is 5.20. The lowest BCUT2D eigenvalue weighted by Crippen LogP contribution is -2.40. The number of amides is 1. The van der Waals surface area contributed by atoms with Gasteiger partial charge in [-0.05, 0) is 60.9 Å². The van der Waals surface area contributed by atoms with Gasteiger partial charge in [-0.25, -0.2) is 0 Å². The molecule has 0 aromatic heterocycles. The first-order valence-corrected chi connectivity index (χ1v) is 7.24. The highest BCUT2D eigenvalue weighted by atomic mass is 79.9. The third-order valence-corrected chi connectivity index (χ3v) is 4.13. The highest BCUT2D eigenvalue weighted by Gasteiger charge is 2.18. The van der Waals surface area contributed by atoms with E-state index in [0.717, 1.165) is 17.6 Å². The molecule has 4 heteroatoms. The van der Waals surface area contributed by atoms with Gasteiger partial charge in [0.15, 0.2) is 0 Å². The second-order valence-electron chi connectivity index (χ2n) is 4.78. The predicted octanol–water partition coefficient (Wildman–Crippen LogP) is 2.66. The maximum atomic E-state index is 12.0. The molecule has 0 radical (unpaired) electrons. The Morgan fingerprint density at radius 1 is 1.39 bits per heavy atom. The predicted molar refractivity (Wildman–Crippen MR) is 76.7 cm³/mol. The number of likely N-dealkylation sites (tertiary alicyclic amines) is 1. The fourth-order valence-electron chi connectivity index (χ4n) is 2.29. The molecular weight excluding hydrogens is 292 g/mol. The molecule has 1 atom stereocenters. The molecule has 0 aliphatic carbocycles. The van der Waals surface area contributed by atoms with Gasteiger partial charge in [-0.1, -0.05) is 12.1 Å². The fourth-order valence-corrected chi connectivity index (χ4v) is 2.76. The minimum atomic E-state index is -0.00600. The lowest BCUT2D eigenvalue weighted by Gasteiger charge is -2.23. The molecule has 1 aliphatic heterocycles. The molecule has 1 saturated heterocycles. The van der Waals surface area contributed by atoms with Crippen molar-refractivity contribution in [1.82, 2.24) is 10.2 Å². The molecule has 1 unspecified atom stereocenters. The van der Waals surface area contributed by atoms with Crippen molar-refractivity contribution < 1.29 is 4.79 Å². The van der Waals surface area contributed by atoms with E-state index in [0.29, 0.717) is 18.2 Å². The van der Waals surface area contributed by atoms with Crippen molar-refractivity contribution in [1.29, 1.82) is 0 Å². The van der Waals surface area contributed by atoms with E-state index in [1.165, 1.54) is 12.8 Å². The zero-order chi connectivity index (χ0) is 13.0. The zero-order valence-electron chi connectivity index (χ0n) is 10.7. The van der Waals surface area contributed by atoms with E-state index in [1.54, 1.807) is 0 Å². The number of rotatable bonds is 4. The zero-order valence-corrected chi connectivity index (χ0v) is 12.2. The van der Waals surface area contributed by atoms with Gasteiger partial charge in [0.05, 0.1) is 5.56 Å². The average Bonchev–Trinajstić information content (AvgIpc) is 2.90. The molecule has 0 bridgehead atoms. The van der Waals surface area contributed by atoms with E-state index in [9.17, 15) is 4.79 Å². The third-order valence-electron chi connectivity index (χ3n) is 3.44. The Labute approximate surface area is 117 Å². The Balaban J connectivity index is 1.86. The first-order chi connectivity index (χ1) is 8.68. The Morgan fingerprint density at radius 3 is 2.72 bits per heavy atom. The molecule has 1 N–H and O–H groups in total.